The number of piperidine rings is 1. The number of nitrogens with one attached hydrogen (secondary N) is 2. The second-order valence-electron chi connectivity index (χ2n) is 9.96. The van der Waals surface area contributed by atoms with Crippen molar-refractivity contribution in [3.05, 3.63) is 71.5 Å². The first-order chi connectivity index (χ1) is 15.7. The number of likely N-dealkylation sites (tertiary alicyclic amines) is 1. The van der Waals surface area contributed by atoms with Crippen LogP contribution < -0.4 is 10.6 Å². The van der Waals surface area contributed by atoms with Crippen LogP contribution in [0.2, 0.25) is 0 Å². The van der Waals surface area contributed by atoms with Crippen LogP contribution in [-0.2, 0) is 16.0 Å². The molecule has 5 nitrogen and oxygen atoms in total. The second-order valence-corrected chi connectivity index (χ2v) is 9.96. The van der Waals surface area contributed by atoms with E-state index in [0.717, 1.165) is 50.0 Å². The van der Waals surface area contributed by atoms with Crippen molar-refractivity contribution in [2.75, 3.05) is 19.6 Å². The summed E-state index contributed by atoms with van der Waals surface area (Å²) in [7, 11) is 0. The molecule has 1 aliphatic rings. The average molecular weight is 454 g/mol. The molecule has 0 aliphatic carbocycles. The third kappa shape index (κ3) is 7.97. The van der Waals surface area contributed by atoms with E-state index in [0.29, 0.717) is 0 Å². The third-order valence-corrected chi connectivity index (χ3v) is 6.15. The molecule has 2 amide bonds. The molecule has 2 aromatic carbocycles. The lowest BCUT2D eigenvalue weighted by Gasteiger charge is -2.33. The molecule has 6 heteroatoms. The lowest BCUT2D eigenvalue weighted by molar-refractivity contribution is -0.129. The zero-order chi connectivity index (χ0) is 23.8. The van der Waals surface area contributed by atoms with Gasteiger partial charge in [0.2, 0.25) is 11.8 Å². The Morgan fingerprint density at radius 3 is 2.27 bits per heavy atom. The van der Waals surface area contributed by atoms with Gasteiger partial charge < -0.3 is 15.5 Å². The zero-order valence-corrected chi connectivity index (χ0v) is 19.9. The van der Waals surface area contributed by atoms with Crippen molar-refractivity contribution in [3.63, 3.8) is 0 Å². The van der Waals surface area contributed by atoms with Crippen LogP contribution in [0.25, 0.3) is 0 Å². The minimum atomic E-state index is -0.433. The Labute approximate surface area is 196 Å². The molecule has 0 spiro atoms. The molecule has 0 saturated carbocycles. The SMILES string of the molecule is CC(C)(C)C(=O)N[C@@H](CCN1CCC(NC(=O)Cc2ccc(F)cc2)CC1)c1ccccc1. The van der Waals surface area contributed by atoms with E-state index in [1.807, 2.05) is 39.0 Å². The minimum absolute atomic E-state index is 0.0194. The molecule has 1 aliphatic heterocycles. The summed E-state index contributed by atoms with van der Waals surface area (Å²) in [6.45, 7) is 8.51. The summed E-state index contributed by atoms with van der Waals surface area (Å²) in [6.07, 6.45) is 2.92. The molecule has 2 N–H and O–H groups in total. The van der Waals surface area contributed by atoms with E-state index >= 15 is 0 Å². The van der Waals surface area contributed by atoms with Crippen LogP contribution >= 0.6 is 0 Å². The van der Waals surface area contributed by atoms with Gasteiger partial charge in [-0.2, -0.15) is 0 Å². The summed E-state index contributed by atoms with van der Waals surface area (Å²) in [5, 5.41) is 6.35. The molecular formula is C27H36FN3O2. The van der Waals surface area contributed by atoms with Gasteiger partial charge in [0.05, 0.1) is 12.5 Å². The van der Waals surface area contributed by atoms with Gasteiger partial charge in [-0.05, 0) is 42.5 Å². The van der Waals surface area contributed by atoms with Gasteiger partial charge in [-0.3, -0.25) is 9.59 Å². The summed E-state index contributed by atoms with van der Waals surface area (Å²) >= 11 is 0. The van der Waals surface area contributed by atoms with E-state index < -0.39 is 5.41 Å². The molecule has 0 unspecified atom stereocenters. The first kappa shape index (κ1) is 24.9. The second kappa shape index (κ2) is 11.4. The molecular weight excluding hydrogens is 417 g/mol. The summed E-state index contributed by atoms with van der Waals surface area (Å²) in [5.41, 5.74) is 1.51. The molecule has 0 radical (unpaired) electrons. The predicted molar refractivity (Wildman–Crippen MR) is 129 cm³/mol. The Bertz CT molecular complexity index is 901. The number of amides is 2. The van der Waals surface area contributed by atoms with Crippen molar-refractivity contribution in [2.24, 2.45) is 5.41 Å². The quantitative estimate of drug-likeness (QED) is 0.628. The van der Waals surface area contributed by atoms with Crippen LogP contribution in [0.5, 0.6) is 0 Å². The van der Waals surface area contributed by atoms with E-state index in [1.165, 1.54) is 12.1 Å². The topological polar surface area (TPSA) is 61.4 Å². The van der Waals surface area contributed by atoms with Gasteiger partial charge in [0.15, 0.2) is 0 Å². The molecule has 33 heavy (non-hydrogen) atoms. The lowest BCUT2D eigenvalue weighted by atomic mass is 9.93. The fourth-order valence-electron chi connectivity index (χ4n) is 4.06. The van der Waals surface area contributed by atoms with Crippen LogP contribution in [0.1, 0.15) is 57.2 Å². The summed E-state index contributed by atoms with van der Waals surface area (Å²) < 4.78 is 13.0. The van der Waals surface area contributed by atoms with E-state index in [1.54, 1.807) is 12.1 Å². The Balaban J connectivity index is 1.46. The molecule has 3 rings (SSSR count). The number of halogens is 1. The molecule has 178 valence electrons. The summed E-state index contributed by atoms with van der Waals surface area (Å²) in [6, 6.07) is 16.3. The van der Waals surface area contributed by atoms with Crippen LogP contribution in [0, 0.1) is 11.2 Å². The van der Waals surface area contributed by atoms with Crippen molar-refractivity contribution in [1.29, 1.82) is 0 Å². The Morgan fingerprint density at radius 1 is 1.03 bits per heavy atom. The highest BCUT2D eigenvalue weighted by Gasteiger charge is 2.26. The highest BCUT2D eigenvalue weighted by atomic mass is 19.1. The third-order valence-electron chi connectivity index (χ3n) is 6.15. The molecule has 1 saturated heterocycles. The maximum atomic E-state index is 13.0. The van der Waals surface area contributed by atoms with Gasteiger partial charge in [-0.25, -0.2) is 4.39 Å². The van der Waals surface area contributed by atoms with Crippen molar-refractivity contribution >= 4 is 11.8 Å². The van der Waals surface area contributed by atoms with Gasteiger partial charge in [0, 0.05) is 31.1 Å². The smallest absolute Gasteiger partial charge is 0.225 e. The van der Waals surface area contributed by atoms with Crippen molar-refractivity contribution in [2.45, 2.75) is 58.5 Å². The summed E-state index contributed by atoms with van der Waals surface area (Å²) in [5.74, 6) is -0.257. The Hall–Kier alpha value is -2.73. The minimum Gasteiger partial charge on any atom is -0.353 e. The van der Waals surface area contributed by atoms with E-state index in [4.69, 9.17) is 0 Å². The number of nitrogens with zero attached hydrogens (tertiary/aromatic N) is 1. The van der Waals surface area contributed by atoms with Crippen molar-refractivity contribution < 1.29 is 14.0 Å². The number of hydrogen-bond donors (Lipinski definition) is 2. The highest BCUT2D eigenvalue weighted by molar-refractivity contribution is 5.81. The largest absolute Gasteiger partial charge is 0.353 e. The number of hydrogen-bond acceptors (Lipinski definition) is 3. The number of benzene rings is 2. The molecule has 1 fully saturated rings. The first-order valence-electron chi connectivity index (χ1n) is 11.8. The maximum absolute atomic E-state index is 13.0. The molecule has 2 aromatic rings. The Kier molecular flexibility index (Phi) is 8.61. The van der Waals surface area contributed by atoms with Crippen molar-refractivity contribution in [1.82, 2.24) is 15.5 Å². The van der Waals surface area contributed by atoms with E-state index in [9.17, 15) is 14.0 Å². The number of carbonyl (C=O) groups excluding carboxylic acids is 2. The number of carbonyl (C=O) groups is 2. The fourth-order valence-corrected chi connectivity index (χ4v) is 4.06. The average Bonchev–Trinajstić information content (AvgIpc) is 2.79. The molecule has 0 bridgehead atoms. The molecule has 1 heterocycles. The maximum Gasteiger partial charge on any atom is 0.225 e. The van der Waals surface area contributed by atoms with E-state index in [2.05, 4.69) is 27.7 Å². The lowest BCUT2D eigenvalue weighted by Crippen LogP contribution is -2.46. The van der Waals surface area contributed by atoms with Crippen LogP contribution in [0.4, 0.5) is 4.39 Å². The van der Waals surface area contributed by atoms with E-state index in [-0.39, 0.29) is 36.1 Å². The molecule has 0 aromatic heterocycles. The number of rotatable bonds is 8. The van der Waals surface area contributed by atoms with Gasteiger partial charge in [0.25, 0.3) is 0 Å². The predicted octanol–water partition coefficient (Wildman–Crippen LogP) is 4.24. The van der Waals surface area contributed by atoms with Gasteiger partial charge >= 0.3 is 0 Å². The normalized spacial score (nSPS) is 16.2. The zero-order valence-electron chi connectivity index (χ0n) is 19.9. The van der Waals surface area contributed by atoms with Gasteiger partial charge in [0.1, 0.15) is 5.82 Å². The van der Waals surface area contributed by atoms with Crippen molar-refractivity contribution in [3.8, 4) is 0 Å². The van der Waals surface area contributed by atoms with Crippen LogP contribution in [-0.4, -0.2) is 42.4 Å². The summed E-state index contributed by atoms with van der Waals surface area (Å²) in [4.78, 5) is 27.4. The van der Waals surface area contributed by atoms with Gasteiger partial charge in [-0.15, -0.1) is 0 Å². The van der Waals surface area contributed by atoms with Gasteiger partial charge in [-0.1, -0.05) is 63.2 Å². The standard InChI is InChI=1S/C27H36FN3O2/c1-27(2,3)26(33)30-24(21-7-5-4-6-8-21)15-18-31-16-13-23(14-17-31)29-25(32)19-20-9-11-22(28)12-10-20/h4-12,23-24H,13-19H2,1-3H3,(H,29,32)(H,30,33)/t24-/m0/s1. The Morgan fingerprint density at radius 2 is 1.67 bits per heavy atom. The van der Waals surface area contributed by atoms with Crippen LogP contribution in [0.3, 0.4) is 0 Å². The monoisotopic (exact) mass is 453 g/mol. The highest BCUT2D eigenvalue weighted by Crippen LogP contribution is 2.22. The van der Waals surface area contributed by atoms with Crippen LogP contribution in [0.15, 0.2) is 54.6 Å². The first-order valence-corrected chi connectivity index (χ1v) is 11.8. The molecule has 1 atom stereocenters. The fraction of sp³-hybridized carbons (Fsp3) is 0.481.